The van der Waals surface area contributed by atoms with Crippen molar-refractivity contribution in [2.45, 2.75) is 12.9 Å². The van der Waals surface area contributed by atoms with Gasteiger partial charge in [-0.05, 0) is 54.1 Å². The van der Waals surface area contributed by atoms with Crippen LogP contribution in [0.1, 0.15) is 21.5 Å². The summed E-state index contributed by atoms with van der Waals surface area (Å²) in [7, 11) is 1.51. The van der Waals surface area contributed by atoms with E-state index < -0.39 is 17.6 Å². The van der Waals surface area contributed by atoms with Gasteiger partial charge in [-0.2, -0.15) is 0 Å². The number of benzene rings is 3. The molecular formula is C25H18F3NO4. The number of hydrogen-bond donors (Lipinski definition) is 0. The number of ketones is 1. The second-order valence-electron chi connectivity index (χ2n) is 7.27. The molecule has 0 amide bonds. The summed E-state index contributed by atoms with van der Waals surface area (Å²) in [5.74, 6) is -0.178. The Hall–Kier alpha value is -4.07. The summed E-state index contributed by atoms with van der Waals surface area (Å²) < 4.78 is 48.0. The quantitative estimate of drug-likeness (QED) is 0.377. The molecule has 1 heterocycles. The number of aromatic nitrogens is 1. The molecule has 0 N–H and O–H groups in total. The van der Waals surface area contributed by atoms with Gasteiger partial charge in [-0.1, -0.05) is 24.3 Å². The van der Waals surface area contributed by atoms with Gasteiger partial charge in [-0.3, -0.25) is 9.59 Å². The smallest absolute Gasteiger partial charge is 0.497 e. The maximum Gasteiger partial charge on any atom is 0.573 e. The lowest BCUT2D eigenvalue weighted by atomic mass is 10.0. The van der Waals surface area contributed by atoms with Gasteiger partial charge in [0.1, 0.15) is 11.5 Å². The second kappa shape index (κ2) is 8.82. The highest BCUT2D eigenvalue weighted by molar-refractivity contribution is 6.10. The zero-order valence-corrected chi connectivity index (χ0v) is 17.4. The Morgan fingerprint density at radius 3 is 2.18 bits per heavy atom. The normalized spacial score (nSPS) is 11.4. The molecule has 5 nitrogen and oxygen atoms in total. The Kier molecular flexibility index (Phi) is 5.91. The van der Waals surface area contributed by atoms with Crippen molar-refractivity contribution < 1.29 is 27.4 Å². The Labute approximate surface area is 186 Å². The van der Waals surface area contributed by atoms with Crippen LogP contribution in [0.5, 0.6) is 11.5 Å². The maximum atomic E-state index is 13.1. The molecular weight excluding hydrogens is 435 g/mol. The van der Waals surface area contributed by atoms with Crippen LogP contribution in [0.25, 0.3) is 10.9 Å². The molecule has 4 aromatic rings. The minimum absolute atomic E-state index is 0.00380. The van der Waals surface area contributed by atoms with Crippen molar-refractivity contribution in [1.29, 1.82) is 0 Å². The molecule has 0 aliphatic carbocycles. The fourth-order valence-electron chi connectivity index (χ4n) is 3.53. The van der Waals surface area contributed by atoms with Crippen molar-refractivity contribution in [1.82, 2.24) is 4.57 Å². The number of carbonyl (C=O) groups excluding carboxylic acids is 1. The van der Waals surface area contributed by atoms with Gasteiger partial charge in [0, 0.05) is 23.7 Å². The van der Waals surface area contributed by atoms with Gasteiger partial charge in [-0.25, -0.2) is 0 Å². The van der Waals surface area contributed by atoms with E-state index in [1.54, 1.807) is 53.1 Å². The molecule has 8 heteroatoms. The highest BCUT2D eigenvalue weighted by atomic mass is 19.4. The summed E-state index contributed by atoms with van der Waals surface area (Å²) in [6.07, 6.45) is -3.29. The summed E-state index contributed by atoms with van der Waals surface area (Å²) in [6.45, 7) is 0.232. The maximum absolute atomic E-state index is 13.1. The SMILES string of the molecule is COc1ccc(C(=O)c2cn(Cc3ccc(OC(F)(F)F)cc3)c3ccccc3c2=O)cc1. The third kappa shape index (κ3) is 4.90. The molecule has 3 aromatic carbocycles. The minimum Gasteiger partial charge on any atom is -0.497 e. The van der Waals surface area contributed by atoms with Crippen LogP contribution in [0, 0.1) is 0 Å². The van der Waals surface area contributed by atoms with Crippen LogP contribution < -0.4 is 14.9 Å². The highest BCUT2D eigenvalue weighted by Gasteiger charge is 2.31. The van der Waals surface area contributed by atoms with Gasteiger partial charge in [0.25, 0.3) is 0 Å². The van der Waals surface area contributed by atoms with E-state index in [0.29, 0.717) is 27.8 Å². The van der Waals surface area contributed by atoms with Gasteiger partial charge in [0.2, 0.25) is 5.43 Å². The van der Waals surface area contributed by atoms with Crippen LogP contribution >= 0.6 is 0 Å². The summed E-state index contributed by atoms with van der Waals surface area (Å²) in [4.78, 5) is 26.2. The minimum atomic E-state index is -4.77. The Morgan fingerprint density at radius 1 is 0.909 bits per heavy atom. The number of methoxy groups -OCH3 is 1. The molecule has 0 radical (unpaired) electrons. The van der Waals surface area contributed by atoms with E-state index in [9.17, 15) is 22.8 Å². The molecule has 0 bridgehead atoms. The van der Waals surface area contributed by atoms with E-state index in [-0.39, 0.29) is 17.9 Å². The van der Waals surface area contributed by atoms with Gasteiger partial charge in [-0.15, -0.1) is 13.2 Å². The topological polar surface area (TPSA) is 57.5 Å². The highest BCUT2D eigenvalue weighted by Crippen LogP contribution is 2.24. The number of hydrogen-bond acceptors (Lipinski definition) is 4. The summed E-state index contributed by atoms with van der Waals surface area (Å²) in [5.41, 5.74) is 1.21. The number of nitrogens with zero attached hydrogens (tertiary/aromatic N) is 1. The molecule has 0 spiro atoms. The molecule has 0 atom stereocenters. The molecule has 0 aliphatic rings. The molecule has 168 valence electrons. The van der Waals surface area contributed by atoms with E-state index >= 15 is 0 Å². The lowest BCUT2D eigenvalue weighted by Gasteiger charge is -2.14. The van der Waals surface area contributed by atoms with Crippen molar-refractivity contribution in [3.8, 4) is 11.5 Å². The third-order valence-corrected chi connectivity index (χ3v) is 5.09. The Bertz CT molecular complexity index is 1360. The molecule has 4 rings (SSSR count). The number of para-hydroxylation sites is 1. The van der Waals surface area contributed by atoms with Gasteiger partial charge in [0.15, 0.2) is 5.78 Å². The van der Waals surface area contributed by atoms with Crippen LogP contribution in [-0.2, 0) is 6.54 Å². The molecule has 1 aromatic heterocycles. The van der Waals surface area contributed by atoms with Crippen LogP contribution in [0.15, 0.2) is 83.8 Å². The second-order valence-corrected chi connectivity index (χ2v) is 7.27. The molecule has 0 saturated carbocycles. The van der Waals surface area contributed by atoms with Gasteiger partial charge >= 0.3 is 6.36 Å². The summed E-state index contributed by atoms with van der Waals surface area (Å²) >= 11 is 0. The zero-order valence-electron chi connectivity index (χ0n) is 17.4. The summed E-state index contributed by atoms with van der Waals surface area (Å²) in [6, 6.07) is 18.7. The zero-order chi connectivity index (χ0) is 23.6. The van der Waals surface area contributed by atoms with E-state index in [4.69, 9.17) is 4.74 Å². The number of alkyl halides is 3. The number of ether oxygens (including phenoxy) is 2. The molecule has 33 heavy (non-hydrogen) atoms. The van der Waals surface area contributed by atoms with Crippen molar-refractivity contribution in [3.05, 3.63) is 106 Å². The Morgan fingerprint density at radius 2 is 1.55 bits per heavy atom. The first kappa shape index (κ1) is 22.1. The number of carbonyl (C=O) groups is 1. The van der Waals surface area contributed by atoms with Crippen LogP contribution in [0.3, 0.4) is 0 Å². The fraction of sp³-hybridized carbons (Fsp3) is 0.120. The molecule has 0 saturated heterocycles. The van der Waals surface area contributed by atoms with Crippen LogP contribution in [-0.4, -0.2) is 23.8 Å². The molecule has 0 aliphatic heterocycles. The number of fused-ring (bicyclic) bond motifs is 1. The van der Waals surface area contributed by atoms with Gasteiger partial charge in [0.05, 0.1) is 18.2 Å². The lowest BCUT2D eigenvalue weighted by Crippen LogP contribution is -2.20. The summed E-state index contributed by atoms with van der Waals surface area (Å²) in [5, 5.41) is 0.369. The van der Waals surface area contributed by atoms with E-state index in [0.717, 1.165) is 0 Å². The number of halogens is 3. The number of pyridine rings is 1. The predicted octanol–water partition coefficient (Wildman–Crippen LogP) is 5.19. The first-order valence-corrected chi connectivity index (χ1v) is 9.91. The first-order chi connectivity index (χ1) is 15.7. The van der Waals surface area contributed by atoms with E-state index in [1.165, 1.54) is 37.6 Å². The lowest BCUT2D eigenvalue weighted by molar-refractivity contribution is -0.274. The first-order valence-electron chi connectivity index (χ1n) is 9.91. The average Bonchev–Trinajstić information content (AvgIpc) is 2.81. The standard InChI is InChI=1S/C25H18F3NO4/c1-32-18-12-8-17(9-13-18)23(30)21-15-29(22-5-3-2-4-20(22)24(21)31)14-16-6-10-19(11-7-16)33-25(26,27)28/h2-13,15H,14H2,1H3. The van der Waals surface area contributed by atoms with E-state index in [2.05, 4.69) is 4.74 Å². The number of rotatable bonds is 6. The monoisotopic (exact) mass is 453 g/mol. The Balaban J connectivity index is 1.73. The molecule has 0 unspecified atom stereocenters. The molecule has 0 fully saturated rings. The predicted molar refractivity (Wildman–Crippen MR) is 117 cm³/mol. The van der Waals surface area contributed by atoms with Crippen LogP contribution in [0.2, 0.25) is 0 Å². The largest absolute Gasteiger partial charge is 0.573 e. The van der Waals surface area contributed by atoms with Crippen molar-refractivity contribution in [3.63, 3.8) is 0 Å². The van der Waals surface area contributed by atoms with Gasteiger partial charge < -0.3 is 14.0 Å². The van der Waals surface area contributed by atoms with Crippen molar-refractivity contribution in [2.75, 3.05) is 7.11 Å². The fourth-order valence-corrected chi connectivity index (χ4v) is 3.53. The average molecular weight is 453 g/mol. The van der Waals surface area contributed by atoms with Crippen LogP contribution in [0.4, 0.5) is 13.2 Å². The van der Waals surface area contributed by atoms with E-state index in [1.807, 2.05) is 0 Å². The third-order valence-electron chi connectivity index (χ3n) is 5.09. The van der Waals surface area contributed by atoms with Crippen molar-refractivity contribution in [2.24, 2.45) is 0 Å². The van der Waals surface area contributed by atoms with Crippen molar-refractivity contribution >= 4 is 16.7 Å².